The fourth-order valence-electron chi connectivity index (χ4n) is 3.22. The Hall–Kier alpha value is -3.13. The summed E-state index contributed by atoms with van der Waals surface area (Å²) in [6.07, 6.45) is 4.07. The van der Waals surface area contributed by atoms with Crippen LogP contribution >= 0.6 is 0 Å². The maximum atomic E-state index is 12.2. The predicted molar refractivity (Wildman–Crippen MR) is 106 cm³/mol. The second kappa shape index (κ2) is 8.26. The molecule has 0 aliphatic carbocycles. The molecular weight excluding hydrogens is 358 g/mol. The Morgan fingerprint density at radius 3 is 3.14 bits per heavy atom. The molecule has 1 aliphatic heterocycles. The second-order valence-electron chi connectivity index (χ2n) is 6.57. The van der Waals surface area contributed by atoms with Gasteiger partial charge in [0.15, 0.2) is 5.65 Å². The number of rotatable bonds is 3. The summed E-state index contributed by atoms with van der Waals surface area (Å²) in [6, 6.07) is 9.74. The van der Waals surface area contributed by atoms with Gasteiger partial charge in [-0.2, -0.15) is 5.10 Å². The van der Waals surface area contributed by atoms with E-state index in [-0.39, 0.29) is 5.91 Å². The summed E-state index contributed by atoms with van der Waals surface area (Å²) in [5.74, 6) is 1.53. The summed E-state index contributed by atoms with van der Waals surface area (Å²) in [5.41, 5.74) is 2.68. The predicted octanol–water partition coefficient (Wildman–Crippen LogP) is 1.75. The number of fused-ring (bicyclic) bond motifs is 4. The molecule has 4 bridgehead atoms. The van der Waals surface area contributed by atoms with Gasteiger partial charge in [0.05, 0.1) is 19.3 Å². The number of hydrogen-bond donors (Lipinski definition) is 1. The average Bonchev–Trinajstić information content (AvgIpc) is 3.14. The summed E-state index contributed by atoms with van der Waals surface area (Å²) in [7, 11) is 1.67. The lowest BCUT2D eigenvalue weighted by Gasteiger charge is -2.23. The van der Waals surface area contributed by atoms with Gasteiger partial charge in [0, 0.05) is 38.4 Å². The summed E-state index contributed by atoms with van der Waals surface area (Å²) in [6.45, 7) is 2.63. The Labute approximate surface area is 163 Å². The third-order valence-electron chi connectivity index (χ3n) is 4.69. The molecule has 3 aromatic rings. The highest BCUT2D eigenvalue weighted by molar-refractivity contribution is 5.79. The van der Waals surface area contributed by atoms with Crippen LogP contribution in [0.1, 0.15) is 6.42 Å². The normalized spacial score (nSPS) is 15.0. The van der Waals surface area contributed by atoms with Crippen LogP contribution in [-0.4, -0.2) is 60.5 Å². The fraction of sp³-hybridized carbons (Fsp3) is 0.350. The van der Waals surface area contributed by atoms with Crippen molar-refractivity contribution in [1.29, 1.82) is 0 Å². The largest absolute Gasteiger partial charge is 0.492 e. The minimum Gasteiger partial charge on any atom is -0.492 e. The average molecular weight is 381 g/mol. The quantitative estimate of drug-likeness (QED) is 0.744. The number of methoxy groups -OCH3 is 1. The highest BCUT2D eigenvalue weighted by atomic mass is 16.5. The molecule has 0 saturated heterocycles. The first kappa shape index (κ1) is 18.2. The smallest absolute Gasteiger partial charge is 0.221 e. The lowest BCUT2D eigenvalue weighted by atomic mass is 10.1. The molecular formula is C20H23N5O3. The number of benzene rings is 1. The minimum atomic E-state index is -0.0132. The number of nitrogens with zero attached hydrogens (tertiary/aromatic N) is 4. The molecule has 0 atom stereocenters. The molecule has 4 rings (SSSR count). The van der Waals surface area contributed by atoms with Crippen LogP contribution in [0.2, 0.25) is 0 Å². The van der Waals surface area contributed by atoms with E-state index in [2.05, 4.69) is 15.3 Å². The number of nitrogens with one attached hydrogen (secondary N) is 1. The number of amides is 1. The summed E-state index contributed by atoms with van der Waals surface area (Å²) >= 11 is 0. The summed E-state index contributed by atoms with van der Waals surface area (Å²) < 4.78 is 12.8. The number of hydrogen-bond acceptors (Lipinski definition) is 6. The van der Waals surface area contributed by atoms with Crippen LogP contribution in [0.25, 0.3) is 16.8 Å². The Bertz CT molecular complexity index is 971. The molecule has 1 aliphatic rings. The van der Waals surface area contributed by atoms with Crippen molar-refractivity contribution in [2.75, 3.05) is 44.9 Å². The number of carbonyl (C=O) groups excluding carboxylic acids is 1. The fourth-order valence-corrected chi connectivity index (χ4v) is 3.22. The highest BCUT2D eigenvalue weighted by Crippen LogP contribution is 2.28. The van der Waals surface area contributed by atoms with E-state index >= 15 is 0 Å². The first-order valence-corrected chi connectivity index (χ1v) is 9.33. The third kappa shape index (κ3) is 3.91. The molecule has 1 amide bonds. The molecule has 3 heterocycles. The van der Waals surface area contributed by atoms with Crippen molar-refractivity contribution in [2.24, 2.45) is 0 Å². The molecule has 1 aromatic carbocycles. The van der Waals surface area contributed by atoms with E-state index < -0.39 is 0 Å². The van der Waals surface area contributed by atoms with Gasteiger partial charge in [-0.1, -0.05) is 12.1 Å². The second-order valence-corrected chi connectivity index (χ2v) is 6.57. The van der Waals surface area contributed by atoms with Gasteiger partial charge in [0.2, 0.25) is 5.91 Å². The van der Waals surface area contributed by atoms with E-state index in [1.165, 1.54) is 0 Å². The van der Waals surface area contributed by atoms with Crippen molar-refractivity contribution in [1.82, 2.24) is 19.9 Å². The number of ether oxygens (including phenoxy) is 2. The minimum absolute atomic E-state index is 0.0132. The van der Waals surface area contributed by atoms with Gasteiger partial charge in [0.1, 0.15) is 18.2 Å². The molecule has 8 nitrogen and oxygen atoms in total. The van der Waals surface area contributed by atoms with Crippen molar-refractivity contribution in [3.63, 3.8) is 0 Å². The van der Waals surface area contributed by atoms with E-state index in [0.29, 0.717) is 39.3 Å². The molecule has 0 spiro atoms. The van der Waals surface area contributed by atoms with Gasteiger partial charge in [-0.25, -0.2) is 9.50 Å². The highest BCUT2D eigenvalue weighted by Gasteiger charge is 2.15. The molecule has 1 N–H and O–H groups in total. The van der Waals surface area contributed by atoms with Crippen LogP contribution in [0.15, 0.2) is 42.7 Å². The Morgan fingerprint density at radius 1 is 1.32 bits per heavy atom. The molecule has 8 heteroatoms. The van der Waals surface area contributed by atoms with E-state index in [0.717, 1.165) is 28.3 Å². The van der Waals surface area contributed by atoms with E-state index in [1.54, 1.807) is 11.6 Å². The van der Waals surface area contributed by atoms with E-state index in [4.69, 9.17) is 14.5 Å². The van der Waals surface area contributed by atoms with Crippen molar-refractivity contribution >= 4 is 17.4 Å². The zero-order valence-electron chi connectivity index (χ0n) is 15.8. The first-order valence-electron chi connectivity index (χ1n) is 9.33. The van der Waals surface area contributed by atoms with Gasteiger partial charge >= 0.3 is 0 Å². The van der Waals surface area contributed by atoms with Crippen molar-refractivity contribution in [3.05, 3.63) is 42.7 Å². The van der Waals surface area contributed by atoms with Gasteiger partial charge in [0.25, 0.3) is 0 Å². The van der Waals surface area contributed by atoms with Crippen LogP contribution in [-0.2, 0) is 9.53 Å². The first-order chi connectivity index (χ1) is 13.7. The molecule has 0 unspecified atom stereocenters. The van der Waals surface area contributed by atoms with Crippen LogP contribution in [0.4, 0.5) is 5.82 Å². The summed E-state index contributed by atoms with van der Waals surface area (Å²) in [5, 5.41) is 7.32. The van der Waals surface area contributed by atoms with Crippen LogP contribution in [0.3, 0.4) is 0 Å². The Morgan fingerprint density at radius 2 is 2.25 bits per heavy atom. The van der Waals surface area contributed by atoms with Gasteiger partial charge in [-0.3, -0.25) is 4.79 Å². The lowest BCUT2D eigenvalue weighted by molar-refractivity contribution is -0.121. The molecule has 0 radical (unpaired) electrons. The monoisotopic (exact) mass is 381 g/mol. The van der Waals surface area contributed by atoms with Crippen LogP contribution in [0, 0.1) is 0 Å². The lowest BCUT2D eigenvalue weighted by Crippen LogP contribution is -2.34. The molecule has 0 fully saturated rings. The standard InChI is InChI=1S/C20H23N5O3/c1-27-12-10-24-8-6-19(26)21-7-11-28-16-4-2-3-15(13-16)17-14-22-25-9-5-18(24)23-20(17)25/h2-5,9,13-14H,6-8,10-12H2,1H3,(H,21,26). The summed E-state index contributed by atoms with van der Waals surface area (Å²) in [4.78, 5) is 19.1. The SMILES string of the molecule is COCCN1CCC(=O)NCCOc2cccc(c2)-c2cnn3ccc1nc23. The van der Waals surface area contributed by atoms with Crippen LogP contribution in [0.5, 0.6) is 5.75 Å². The molecule has 2 aromatic heterocycles. The molecule has 0 saturated carbocycles. The maximum absolute atomic E-state index is 12.2. The molecule has 146 valence electrons. The van der Waals surface area contributed by atoms with E-state index in [1.807, 2.05) is 42.7 Å². The van der Waals surface area contributed by atoms with E-state index in [9.17, 15) is 4.79 Å². The van der Waals surface area contributed by atoms with Crippen molar-refractivity contribution in [2.45, 2.75) is 6.42 Å². The topological polar surface area (TPSA) is 81.0 Å². The zero-order chi connectivity index (χ0) is 19.3. The number of anilines is 1. The van der Waals surface area contributed by atoms with Crippen LogP contribution < -0.4 is 15.0 Å². The number of aromatic nitrogens is 3. The van der Waals surface area contributed by atoms with Gasteiger partial charge < -0.3 is 19.7 Å². The third-order valence-corrected chi connectivity index (χ3v) is 4.69. The maximum Gasteiger partial charge on any atom is 0.221 e. The van der Waals surface area contributed by atoms with Gasteiger partial charge in [-0.15, -0.1) is 0 Å². The van der Waals surface area contributed by atoms with Crippen molar-refractivity contribution < 1.29 is 14.3 Å². The Balaban J connectivity index is 1.78. The number of carbonyl (C=O) groups is 1. The Kier molecular flexibility index (Phi) is 5.38. The molecule has 28 heavy (non-hydrogen) atoms. The zero-order valence-corrected chi connectivity index (χ0v) is 15.8. The van der Waals surface area contributed by atoms with Gasteiger partial charge in [-0.05, 0) is 23.8 Å². The van der Waals surface area contributed by atoms with Crippen molar-refractivity contribution in [3.8, 4) is 16.9 Å².